The Hall–Kier alpha value is -2.68. The lowest BCUT2D eigenvalue weighted by atomic mass is 10.2. The summed E-state index contributed by atoms with van der Waals surface area (Å²) in [5.41, 5.74) is 0.342. The highest BCUT2D eigenvalue weighted by Gasteiger charge is 2.28. The molecule has 2 aromatic heterocycles. The Labute approximate surface area is 151 Å². The van der Waals surface area contributed by atoms with Crippen molar-refractivity contribution in [1.82, 2.24) is 14.8 Å². The quantitative estimate of drug-likeness (QED) is 0.669. The molecule has 1 aromatic carbocycles. The summed E-state index contributed by atoms with van der Waals surface area (Å²) in [6, 6.07) is 5.26. The van der Waals surface area contributed by atoms with E-state index in [0.29, 0.717) is 11.4 Å². The number of benzene rings is 1. The van der Waals surface area contributed by atoms with Crippen molar-refractivity contribution in [2.45, 2.75) is 19.9 Å². The largest absolute Gasteiger partial charge is 0.302 e. The lowest BCUT2D eigenvalue weighted by Gasteiger charge is -2.22. The fourth-order valence-corrected chi connectivity index (χ4v) is 3.16. The maximum absolute atomic E-state index is 13.3. The Morgan fingerprint density at radius 3 is 2.58 bits per heavy atom. The first-order chi connectivity index (χ1) is 12.4. The second-order valence-electron chi connectivity index (χ2n) is 5.59. The molecule has 26 heavy (non-hydrogen) atoms. The Morgan fingerprint density at radius 2 is 2.00 bits per heavy atom. The summed E-state index contributed by atoms with van der Waals surface area (Å²) >= 11 is 1.42. The van der Waals surface area contributed by atoms with Gasteiger partial charge in [-0.25, -0.2) is 18.2 Å². The van der Waals surface area contributed by atoms with Crippen molar-refractivity contribution >= 4 is 22.9 Å². The maximum Gasteiger partial charge on any atom is 0.280 e. The Balaban J connectivity index is 2.02. The van der Waals surface area contributed by atoms with E-state index in [-0.39, 0.29) is 12.1 Å². The molecule has 2 heterocycles. The first-order valence-electron chi connectivity index (χ1n) is 7.65. The zero-order valence-electron chi connectivity index (χ0n) is 14.0. The number of nitrogens with zero attached hydrogens (tertiary/aromatic N) is 4. The highest BCUT2D eigenvalue weighted by atomic mass is 32.1. The van der Waals surface area contributed by atoms with Crippen molar-refractivity contribution in [1.29, 1.82) is 0 Å². The van der Waals surface area contributed by atoms with Crippen LogP contribution in [-0.2, 0) is 13.6 Å². The van der Waals surface area contributed by atoms with E-state index in [1.807, 2.05) is 6.92 Å². The van der Waals surface area contributed by atoms with Gasteiger partial charge in [-0.1, -0.05) is 0 Å². The zero-order chi connectivity index (χ0) is 18.8. The van der Waals surface area contributed by atoms with Gasteiger partial charge in [0.25, 0.3) is 12.3 Å². The molecular weight excluding hydrogens is 365 g/mol. The third-order valence-electron chi connectivity index (χ3n) is 3.79. The molecule has 0 aliphatic rings. The summed E-state index contributed by atoms with van der Waals surface area (Å²) in [6.45, 7) is 1.90. The number of carbonyl (C=O) groups is 1. The molecule has 5 nitrogen and oxygen atoms in total. The van der Waals surface area contributed by atoms with Crippen LogP contribution in [0.4, 0.5) is 18.9 Å². The number of amides is 1. The van der Waals surface area contributed by atoms with Crippen molar-refractivity contribution in [2.75, 3.05) is 4.90 Å². The van der Waals surface area contributed by atoms with E-state index in [4.69, 9.17) is 0 Å². The number of aromatic nitrogens is 3. The summed E-state index contributed by atoms with van der Waals surface area (Å²) in [7, 11) is 1.35. The van der Waals surface area contributed by atoms with Crippen LogP contribution in [0.3, 0.4) is 0 Å². The lowest BCUT2D eigenvalue weighted by molar-refractivity contribution is 0.0967. The summed E-state index contributed by atoms with van der Waals surface area (Å²) < 4.78 is 40.9. The molecule has 0 saturated carbocycles. The number of aryl methyl sites for hydroxylation is 2. The number of anilines is 1. The second-order valence-corrected chi connectivity index (χ2v) is 6.66. The van der Waals surface area contributed by atoms with Gasteiger partial charge in [-0.15, -0.1) is 11.3 Å². The van der Waals surface area contributed by atoms with Crippen LogP contribution in [0.5, 0.6) is 0 Å². The first kappa shape index (κ1) is 18.1. The van der Waals surface area contributed by atoms with Crippen molar-refractivity contribution in [3.05, 3.63) is 63.6 Å². The zero-order valence-corrected chi connectivity index (χ0v) is 14.8. The molecular formula is C17H15F3N4OS. The Kier molecular flexibility index (Phi) is 5.08. The monoisotopic (exact) mass is 380 g/mol. The van der Waals surface area contributed by atoms with E-state index < -0.39 is 23.8 Å². The normalized spacial score (nSPS) is 11.2. The van der Waals surface area contributed by atoms with Crippen LogP contribution >= 0.6 is 11.3 Å². The lowest BCUT2D eigenvalue weighted by Crippen LogP contribution is -2.31. The van der Waals surface area contributed by atoms with E-state index in [0.717, 1.165) is 15.9 Å². The van der Waals surface area contributed by atoms with Crippen LogP contribution in [0.1, 0.15) is 33.2 Å². The van der Waals surface area contributed by atoms with Crippen LogP contribution in [0.2, 0.25) is 0 Å². The van der Waals surface area contributed by atoms with Gasteiger partial charge in [-0.2, -0.15) is 5.10 Å². The van der Waals surface area contributed by atoms with Crippen LogP contribution in [-0.4, -0.2) is 20.7 Å². The Morgan fingerprint density at radius 1 is 1.31 bits per heavy atom. The molecule has 0 N–H and O–H groups in total. The van der Waals surface area contributed by atoms with Gasteiger partial charge in [0.05, 0.1) is 29.0 Å². The fraction of sp³-hybridized carbons (Fsp3) is 0.235. The number of carbonyl (C=O) groups excluding carboxylic acids is 1. The minimum absolute atomic E-state index is 0.0758. The van der Waals surface area contributed by atoms with E-state index in [1.165, 1.54) is 47.5 Å². The molecule has 9 heteroatoms. The molecule has 0 spiro atoms. The average molecular weight is 380 g/mol. The van der Waals surface area contributed by atoms with E-state index in [9.17, 15) is 18.0 Å². The first-order valence-corrected chi connectivity index (χ1v) is 8.53. The van der Waals surface area contributed by atoms with Crippen molar-refractivity contribution in [2.24, 2.45) is 7.05 Å². The summed E-state index contributed by atoms with van der Waals surface area (Å²) in [5, 5.41) is 6.38. The van der Waals surface area contributed by atoms with Gasteiger partial charge in [0.1, 0.15) is 11.5 Å². The van der Waals surface area contributed by atoms with E-state index >= 15 is 0 Å². The molecule has 0 atom stereocenters. The van der Waals surface area contributed by atoms with Crippen LogP contribution in [0.15, 0.2) is 35.8 Å². The third kappa shape index (κ3) is 3.62. The average Bonchev–Trinajstić information content (AvgIpc) is 3.18. The van der Waals surface area contributed by atoms with Crippen LogP contribution in [0.25, 0.3) is 0 Å². The number of hydrogen-bond donors (Lipinski definition) is 0. The predicted molar refractivity (Wildman–Crippen MR) is 91.9 cm³/mol. The van der Waals surface area contributed by atoms with Crippen molar-refractivity contribution < 1.29 is 18.0 Å². The summed E-state index contributed by atoms with van der Waals surface area (Å²) in [6.07, 6.45) is -1.73. The van der Waals surface area contributed by atoms with Gasteiger partial charge in [-0.05, 0) is 31.2 Å². The van der Waals surface area contributed by atoms with Gasteiger partial charge < -0.3 is 4.90 Å². The molecule has 0 bridgehead atoms. The number of rotatable bonds is 5. The molecule has 0 saturated heterocycles. The molecule has 0 fully saturated rings. The smallest absolute Gasteiger partial charge is 0.280 e. The SMILES string of the molecule is Cc1nc(CN(C(=O)c2cnn(C)c2C(F)F)c2ccc(F)cc2)cs1. The summed E-state index contributed by atoms with van der Waals surface area (Å²) in [5.74, 6) is -1.11. The summed E-state index contributed by atoms with van der Waals surface area (Å²) in [4.78, 5) is 18.6. The van der Waals surface area contributed by atoms with E-state index in [1.54, 1.807) is 5.38 Å². The molecule has 0 aliphatic heterocycles. The van der Waals surface area contributed by atoms with Crippen molar-refractivity contribution in [3.63, 3.8) is 0 Å². The number of thiazole rings is 1. The van der Waals surface area contributed by atoms with Gasteiger partial charge >= 0.3 is 0 Å². The van der Waals surface area contributed by atoms with Crippen LogP contribution in [0, 0.1) is 12.7 Å². The molecule has 0 aliphatic carbocycles. The second kappa shape index (κ2) is 7.28. The minimum Gasteiger partial charge on any atom is -0.302 e. The van der Waals surface area contributed by atoms with Gasteiger partial charge in [0.15, 0.2) is 0 Å². The molecule has 3 rings (SSSR count). The number of hydrogen-bond acceptors (Lipinski definition) is 4. The molecule has 3 aromatic rings. The van der Waals surface area contributed by atoms with Gasteiger partial charge in [0.2, 0.25) is 0 Å². The fourth-order valence-electron chi connectivity index (χ4n) is 2.56. The van der Waals surface area contributed by atoms with E-state index in [2.05, 4.69) is 10.1 Å². The van der Waals surface area contributed by atoms with Gasteiger partial charge in [-0.3, -0.25) is 9.48 Å². The highest BCUT2D eigenvalue weighted by Crippen LogP contribution is 2.27. The molecule has 0 unspecified atom stereocenters. The number of alkyl halides is 2. The van der Waals surface area contributed by atoms with Crippen molar-refractivity contribution in [3.8, 4) is 0 Å². The van der Waals surface area contributed by atoms with Crippen LogP contribution < -0.4 is 4.90 Å². The maximum atomic E-state index is 13.3. The molecule has 136 valence electrons. The third-order valence-corrected chi connectivity index (χ3v) is 4.61. The topological polar surface area (TPSA) is 51.0 Å². The predicted octanol–water partition coefficient (Wildman–Crippen LogP) is 4.11. The minimum atomic E-state index is -2.85. The Bertz CT molecular complexity index is 920. The molecule has 0 radical (unpaired) electrons. The molecule has 1 amide bonds. The highest BCUT2D eigenvalue weighted by molar-refractivity contribution is 7.09. The van der Waals surface area contributed by atoms with Gasteiger partial charge in [0, 0.05) is 18.1 Å². The number of halogens is 3. The standard InChI is InChI=1S/C17H15F3N4OS/c1-10-22-12(9-26-10)8-24(13-5-3-11(18)4-6-13)17(25)14-7-21-23(2)15(14)16(19)20/h3-7,9,16H,8H2,1-2H3.